The van der Waals surface area contributed by atoms with Crippen LogP contribution in [0, 0.1) is 5.92 Å². The van der Waals surface area contributed by atoms with Crippen molar-refractivity contribution in [3.05, 3.63) is 0 Å². The van der Waals surface area contributed by atoms with E-state index >= 15 is 0 Å². The molecular formula is C9H20N2O2S. The van der Waals surface area contributed by atoms with Crippen molar-refractivity contribution < 1.29 is 9.59 Å². The topological polar surface area (TPSA) is 86.2 Å². The van der Waals surface area contributed by atoms with E-state index in [1.54, 1.807) is 6.92 Å². The summed E-state index contributed by atoms with van der Waals surface area (Å²) in [6.45, 7) is 3.73. The maximum Gasteiger partial charge on any atom is 0.220 e. The first kappa shape index (κ1) is 15.7. The van der Waals surface area contributed by atoms with Crippen molar-refractivity contribution in [2.75, 3.05) is 5.75 Å². The summed E-state index contributed by atoms with van der Waals surface area (Å²) in [5.74, 6) is 0.258. The molecule has 84 valence electrons. The van der Waals surface area contributed by atoms with Crippen LogP contribution in [0.15, 0.2) is 0 Å². The van der Waals surface area contributed by atoms with E-state index in [0.717, 1.165) is 18.6 Å². The Morgan fingerprint density at radius 2 is 1.86 bits per heavy atom. The normalized spacial score (nSPS) is 11.1. The van der Waals surface area contributed by atoms with Gasteiger partial charge < -0.3 is 11.5 Å². The quantitative estimate of drug-likeness (QED) is 0.596. The minimum absolute atomic E-state index is 0.0208. The fraction of sp³-hybridized carbons (Fsp3) is 0.778. The van der Waals surface area contributed by atoms with Gasteiger partial charge in [-0.15, -0.1) is 0 Å². The van der Waals surface area contributed by atoms with Crippen LogP contribution in [0.4, 0.5) is 0 Å². The van der Waals surface area contributed by atoms with E-state index in [4.69, 9.17) is 11.5 Å². The summed E-state index contributed by atoms with van der Waals surface area (Å²) >= 11 is 3.95. The Morgan fingerprint density at radius 1 is 1.36 bits per heavy atom. The van der Waals surface area contributed by atoms with E-state index in [2.05, 4.69) is 12.6 Å². The predicted octanol–water partition coefficient (Wildman–Crippen LogP) is 0.699. The molecule has 0 fully saturated rings. The second-order valence-corrected chi connectivity index (χ2v) is 3.48. The SMILES string of the molecule is CC(CCS)C(N)=O.CCCC(N)=O. The van der Waals surface area contributed by atoms with Crippen LogP contribution in [-0.4, -0.2) is 17.6 Å². The molecule has 0 aromatic rings. The van der Waals surface area contributed by atoms with E-state index in [9.17, 15) is 9.59 Å². The fourth-order valence-corrected chi connectivity index (χ4v) is 0.970. The number of carbonyl (C=O) groups excluding carboxylic acids is 2. The van der Waals surface area contributed by atoms with Gasteiger partial charge >= 0.3 is 0 Å². The molecule has 0 spiro atoms. The highest BCUT2D eigenvalue weighted by Crippen LogP contribution is 2.00. The van der Waals surface area contributed by atoms with Gasteiger partial charge in [0.25, 0.3) is 0 Å². The summed E-state index contributed by atoms with van der Waals surface area (Å²) in [5.41, 5.74) is 9.71. The van der Waals surface area contributed by atoms with Crippen molar-refractivity contribution in [1.82, 2.24) is 0 Å². The fourth-order valence-electron chi connectivity index (χ4n) is 0.582. The first-order valence-corrected chi connectivity index (χ1v) is 5.27. The van der Waals surface area contributed by atoms with Gasteiger partial charge in [-0.05, 0) is 18.6 Å². The van der Waals surface area contributed by atoms with Crippen LogP contribution in [-0.2, 0) is 9.59 Å². The maximum absolute atomic E-state index is 10.3. The molecule has 0 aliphatic heterocycles. The van der Waals surface area contributed by atoms with Crippen LogP contribution in [0.25, 0.3) is 0 Å². The standard InChI is InChI=1S/C5H11NOS.C4H9NO/c1-4(2-3-8)5(6)7;1-2-3-4(5)6/h4,8H,2-3H2,1H3,(H2,6,7);2-3H2,1H3,(H2,5,6). The molecule has 2 amide bonds. The molecule has 0 heterocycles. The molecule has 0 aliphatic rings. The van der Waals surface area contributed by atoms with Crippen molar-refractivity contribution in [3.8, 4) is 0 Å². The largest absolute Gasteiger partial charge is 0.370 e. The lowest BCUT2D eigenvalue weighted by Crippen LogP contribution is -2.20. The Balaban J connectivity index is 0. The third kappa shape index (κ3) is 13.9. The second-order valence-electron chi connectivity index (χ2n) is 3.03. The molecule has 1 unspecified atom stereocenters. The van der Waals surface area contributed by atoms with Crippen molar-refractivity contribution in [1.29, 1.82) is 0 Å². The molecule has 4 N–H and O–H groups in total. The smallest absolute Gasteiger partial charge is 0.220 e. The number of hydrogen-bond acceptors (Lipinski definition) is 3. The van der Waals surface area contributed by atoms with Crippen molar-refractivity contribution in [3.63, 3.8) is 0 Å². The molecule has 0 aromatic heterocycles. The van der Waals surface area contributed by atoms with Gasteiger partial charge in [0.15, 0.2) is 0 Å². The molecule has 5 heteroatoms. The van der Waals surface area contributed by atoms with E-state index < -0.39 is 0 Å². The summed E-state index contributed by atoms with van der Waals surface area (Å²) in [4.78, 5) is 20.1. The van der Waals surface area contributed by atoms with Crippen LogP contribution in [0.3, 0.4) is 0 Å². The average molecular weight is 220 g/mol. The highest BCUT2D eigenvalue weighted by Gasteiger charge is 2.05. The summed E-state index contributed by atoms with van der Waals surface area (Å²) < 4.78 is 0. The lowest BCUT2D eigenvalue weighted by Gasteiger charge is -2.01. The van der Waals surface area contributed by atoms with Gasteiger partial charge in [0.05, 0.1) is 0 Å². The second kappa shape index (κ2) is 10.4. The zero-order valence-corrected chi connectivity index (χ0v) is 9.72. The number of hydrogen-bond donors (Lipinski definition) is 3. The molecule has 14 heavy (non-hydrogen) atoms. The zero-order valence-electron chi connectivity index (χ0n) is 8.82. The molecule has 0 rings (SSSR count). The molecule has 0 radical (unpaired) electrons. The highest BCUT2D eigenvalue weighted by atomic mass is 32.1. The lowest BCUT2D eigenvalue weighted by atomic mass is 10.1. The molecule has 0 saturated carbocycles. The third-order valence-corrected chi connectivity index (χ3v) is 1.80. The van der Waals surface area contributed by atoms with Gasteiger partial charge in [-0.2, -0.15) is 12.6 Å². The maximum atomic E-state index is 10.3. The Labute approximate surface area is 90.8 Å². The number of amides is 2. The Kier molecular flexibility index (Phi) is 11.7. The number of primary amides is 2. The summed E-state index contributed by atoms with van der Waals surface area (Å²) in [7, 11) is 0. The van der Waals surface area contributed by atoms with Gasteiger partial charge in [-0.25, -0.2) is 0 Å². The average Bonchev–Trinajstić information content (AvgIpc) is 2.05. The van der Waals surface area contributed by atoms with Gasteiger partial charge in [-0.3, -0.25) is 9.59 Å². The minimum Gasteiger partial charge on any atom is -0.370 e. The van der Waals surface area contributed by atoms with E-state index in [1.807, 2.05) is 6.92 Å². The highest BCUT2D eigenvalue weighted by molar-refractivity contribution is 7.80. The Bertz CT molecular complexity index is 174. The van der Waals surface area contributed by atoms with Crippen LogP contribution in [0.2, 0.25) is 0 Å². The van der Waals surface area contributed by atoms with Crippen molar-refractivity contribution in [2.24, 2.45) is 17.4 Å². The van der Waals surface area contributed by atoms with E-state index in [1.165, 1.54) is 0 Å². The Hall–Kier alpha value is -0.710. The van der Waals surface area contributed by atoms with Gasteiger partial charge in [-0.1, -0.05) is 13.8 Å². The number of nitrogens with two attached hydrogens (primary N) is 2. The monoisotopic (exact) mass is 220 g/mol. The van der Waals surface area contributed by atoms with Crippen LogP contribution in [0.1, 0.15) is 33.1 Å². The first-order valence-electron chi connectivity index (χ1n) is 4.64. The molecule has 0 aliphatic carbocycles. The van der Waals surface area contributed by atoms with Crippen molar-refractivity contribution >= 4 is 24.4 Å². The van der Waals surface area contributed by atoms with Crippen LogP contribution < -0.4 is 11.5 Å². The predicted molar refractivity (Wildman–Crippen MR) is 60.9 cm³/mol. The molecule has 0 bridgehead atoms. The number of rotatable bonds is 5. The molecule has 0 saturated heterocycles. The van der Waals surface area contributed by atoms with Crippen molar-refractivity contribution in [2.45, 2.75) is 33.1 Å². The number of thiol groups is 1. The first-order chi connectivity index (χ1) is 6.45. The molecular weight excluding hydrogens is 200 g/mol. The summed E-state index contributed by atoms with van der Waals surface area (Å²) in [6.07, 6.45) is 2.15. The molecule has 4 nitrogen and oxygen atoms in total. The number of carbonyl (C=O) groups is 2. The van der Waals surface area contributed by atoms with Crippen LogP contribution in [0.5, 0.6) is 0 Å². The lowest BCUT2D eigenvalue weighted by molar-refractivity contribution is -0.121. The van der Waals surface area contributed by atoms with Gasteiger partial charge in [0, 0.05) is 12.3 Å². The van der Waals surface area contributed by atoms with Gasteiger partial charge in [0.1, 0.15) is 0 Å². The summed E-state index contributed by atoms with van der Waals surface area (Å²) in [6, 6.07) is 0. The molecule has 0 aromatic carbocycles. The summed E-state index contributed by atoms with van der Waals surface area (Å²) in [5, 5.41) is 0. The molecule has 1 atom stereocenters. The zero-order chi connectivity index (χ0) is 11.6. The Morgan fingerprint density at radius 3 is 1.93 bits per heavy atom. The van der Waals surface area contributed by atoms with E-state index in [-0.39, 0.29) is 17.7 Å². The van der Waals surface area contributed by atoms with Crippen LogP contribution >= 0.6 is 12.6 Å². The van der Waals surface area contributed by atoms with E-state index in [0.29, 0.717) is 6.42 Å². The minimum atomic E-state index is -0.237. The third-order valence-electron chi connectivity index (χ3n) is 1.54. The van der Waals surface area contributed by atoms with Gasteiger partial charge in [0.2, 0.25) is 11.8 Å².